The van der Waals surface area contributed by atoms with E-state index in [1.807, 2.05) is 24.4 Å². The Labute approximate surface area is 162 Å². The van der Waals surface area contributed by atoms with Gasteiger partial charge in [0.15, 0.2) is 0 Å². The van der Waals surface area contributed by atoms with Gasteiger partial charge in [0, 0.05) is 37.6 Å². The number of carbonyl (C=O) groups excluding carboxylic acids is 3. The number of hydrogen-bond acceptors (Lipinski definition) is 5. The molecule has 0 unspecified atom stereocenters. The topological polar surface area (TPSA) is 100 Å². The highest BCUT2D eigenvalue weighted by Crippen LogP contribution is 2.26. The molecule has 4 amide bonds. The van der Waals surface area contributed by atoms with Crippen LogP contribution in [0.1, 0.15) is 30.3 Å². The first-order chi connectivity index (χ1) is 13.6. The fraction of sp³-hybridized carbons (Fsp3) is 0.421. The summed E-state index contributed by atoms with van der Waals surface area (Å²) >= 11 is 0. The molecular weight excluding hydrogens is 360 g/mol. The summed E-state index contributed by atoms with van der Waals surface area (Å²) in [6, 6.07) is 5.31. The second-order valence-corrected chi connectivity index (χ2v) is 7.05. The van der Waals surface area contributed by atoms with Crippen molar-refractivity contribution in [3.05, 3.63) is 48.3 Å². The summed E-state index contributed by atoms with van der Waals surface area (Å²) in [5.41, 5.74) is 0.948. The number of nitrogens with zero attached hydrogens (tertiary/aromatic N) is 5. The van der Waals surface area contributed by atoms with Crippen LogP contribution in [0.25, 0.3) is 0 Å². The van der Waals surface area contributed by atoms with Crippen molar-refractivity contribution in [3.63, 3.8) is 0 Å². The number of amides is 4. The van der Waals surface area contributed by atoms with Gasteiger partial charge in [-0.3, -0.25) is 19.5 Å². The van der Waals surface area contributed by atoms with Crippen molar-refractivity contribution >= 4 is 17.8 Å². The molecule has 9 nitrogen and oxygen atoms in total. The van der Waals surface area contributed by atoms with E-state index in [0.717, 1.165) is 29.3 Å². The van der Waals surface area contributed by atoms with Gasteiger partial charge in [-0.25, -0.2) is 9.78 Å². The number of imide groups is 1. The molecule has 2 fully saturated rings. The largest absolute Gasteiger partial charge is 0.340 e. The van der Waals surface area contributed by atoms with Crippen molar-refractivity contribution in [3.8, 4) is 0 Å². The molecule has 2 saturated heterocycles. The lowest BCUT2D eigenvalue weighted by Gasteiger charge is -2.33. The Hall–Kier alpha value is -3.23. The van der Waals surface area contributed by atoms with Crippen LogP contribution in [-0.4, -0.2) is 68.4 Å². The summed E-state index contributed by atoms with van der Waals surface area (Å²) < 4.78 is 2.07. The molecule has 2 aromatic heterocycles. The highest BCUT2D eigenvalue weighted by molar-refractivity contribution is 6.04. The quantitative estimate of drug-likeness (QED) is 0.763. The van der Waals surface area contributed by atoms with E-state index in [1.165, 1.54) is 0 Å². The van der Waals surface area contributed by atoms with Gasteiger partial charge in [-0.1, -0.05) is 6.07 Å². The number of carbonyl (C=O) groups is 3. The molecule has 28 heavy (non-hydrogen) atoms. The van der Waals surface area contributed by atoms with E-state index < -0.39 is 6.03 Å². The summed E-state index contributed by atoms with van der Waals surface area (Å²) in [5, 5.41) is 2.44. The fourth-order valence-corrected chi connectivity index (χ4v) is 3.75. The predicted molar refractivity (Wildman–Crippen MR) is 99.2 cm³/mol. The fourth-order valence-electron chi connectivity index (χ4n) is 3.75. The molecule has 9 heteroatoms. The van der Waals surface area contributed by atoms with Crippen LogP contribution in [0.2, 0.25) is 0 Å². The van der Waals surface area contributed by atoms with E-state index in [9.17, 15) is 14.4 Å². The van der Waals surface area contributed by atoms with Gasteiger partial charge in [0.1, 0.15) is 12.4 Å². The Kier molecular flexibility index (Phi) is 5.05. The van der Waals surface area contributed by atoms with Gasteiger partial charge in [0.2, 0.25) is 5.91 Å². The van der Waals surface area contributed by atoms with Crippen LogP contribution >= 0.6 is 0 Å². The number of rotatable bonds is 5. The molecule has 0 aromatic carbocycles. The first-order valence-corrected chi connectivity index (χ1v) is 9.38. The van der Waals surface area contributed by atoms with E-state index in [4.69, 9.17) is 0 Å². The van der Waals surface area contributed by atoms with Crippen LogP contribution < -0.4 is 5.32 Å². The number of nitrogens with one attached hydrogen (secondary N) is 1. The molecule has 1 atom stereocenters. The van der Waals surface area contributed by atoms with Crippen molar-refractivity contribution < 1.29 is 14.4 Å². The molecule has 2 aliphatic heterocycles. The van der Waals surface area contributed by atoms with E-state index in [2.05, 4.69) is 19.9 Å². The minimum atomic E-state index is -0.502. The summed E-state index contributed by atoms with van der Waals surface area (Å²) in [5.74, 6) is 0.466. The molecule has 4 heterocycles. The van der Waals surface area contributed by atoms with E-state index in [-0.39, 0.29) is 30.8 Å². The van der Waals surface area contributed by atoms with E-state index in [0.29, 0.717) is 19.6 Å². The highest BCUT2D eigenvalue weighted by Gasteiger charge is 2.33. The zero-order valence-electron chi connectivity index (χ0n) is 15.5. The van der Waals surface area contributed by atoms with Gasteiger partial charge in [-0.05, 0) is 25.0 Å². The molecule has 2 aliphatic rings. The molecule has 146 valence electrons. The van der Waals surface area contributed by atoms with E-state index in [1.54, 1.807) is 17.3 Å². The maximum Gasteiger partial charge on any atom is 0.325 e. The number of hydrogen-bond donors (Lipinski definition) is 1. The van der Waals surface area contributed by atoms with Crippen molar-refractivity contribution in [2.24, 2.45) is 0 Å². The number of imidazole rings is 1. The zero-order valence-corrected chi connectivity index (χ0v) is 15.5. The van der Waals surface area contributed by atoms with Crippen LogP contribution in [0, 0.1) is 0 Å². The van der Waals surface area contributed by atoms with E-state index >= 15 is 0 Å². The Morgan fingerprint density at radius 1 is 1.21 bits per heavy atom. The number of piperidine rings is 1. The van der Waals surface area contributed by atoms with Gasteiger partial charge < -0.3 is 14.8 Å². The summed E-state index contributed by atoms with van der Waals surface area (Å²) in [6.07, 6.45) is 7.26. The molecule has 0 radical (unpaired) electrons. The van der Waals surface area contributed by atoms with Gasteiger partial charge in [0.25, 0.3) is 5.91 Å². The smallest absolute Gasteiger partial charge is 0.325 e. The average molecular weight is 382 g/mol. The lowest BCUT2D eigenvalue weighted by molar-refractivity contribution is -0.137. The average Bonchev–Trinajstić information content (AvgIpc) is 3.30. The Bertz CT molecular complexity index is 865. The molecule has 0 aliphatic carbocycles. The molecule has 0 spiro atoms. The van der Waals surface area contributed by atoms with Crippen LogP contribution in [0.4, 0.5) is 4.79 Å². The number of aromatic nitrogens is 3. The standard InChI is InChI=1S/C19H22N6O3/c26-16-10-22-19(28)25(16)13-17(27)23-8-3-4-14(11-23)18-21-7-9-24(18)12-15-5-1-2-6-20-15/h1-2,5-7,9,14H,3-4,8,10-13H2,(H,22,28)/t14-/m0/s1. The zero-order chi connectivity index (χ0) is 19.5. The second-order valence-electron chi connectivity index (χ2n) is 7.05. The summed E-state index contributed by atoms with van der Waals surface area (Å²) in [6.45, 7) is 1.53. The molecule has 4 rings (SSSR count). The summed E-state index contributed by atoms with van der Waals surface area (Å²) in [7, 11) is 0. The number of urea groups is 1. The molecule has 0 saturated carbocycles. The highest BCUT2D eigenvalue weighted by atomic mass is 16.2. The third kappa shape index (κ3) is 3.73. The third-order valence-electron chi connectivity index (χ3n) is 5.18. The van der Waals surface area contributed by atoms with Crippen molar-refractivity contribution in [1.29, 1.82) is 0 Å². The monoisotopic (exact) mass is 382 g/mol. The maximum atomic E-state index is 12.7. The van der Waals surface area contributed by atoms with Crippen LogP contribution in [0.15, 0.2) is 36.8 Å². The van der Waals surface area contributed by atoms with Crippen LogP contribution in [0.3, 0.4) is 0 Å². The second kappa shape index (κ2) is 7.79. The SMILES string of the molecule is O=C(CN1C(=O)CNC1=O)N1CCC[C@H](c2nccn2Cc2ccccn2)C1. The van der Waals surface area contributed by atoms with Gasteiger partial charge in [-0.15, -0.1) is 0 Å². The van der Waals surface area contributed by atoms with Gasteiger partial charge >= 0.3 is 6.03 Å². The normalized spacial score (nSPS) is 19.8. The molecule has 1 N–H and O–H groups in total. The first-order valence-electron chi connectivity index (χ1n) is 9.38. The summed E-state index contributed by atoms with van der Waals surface area (Å²) in [4.78, 5) is 47.7. The van der Waals surface area contributed by atoms with Crippen molar-refractivity contribution in [1.82, 2.24) is 29.7 Å². The molecule has 2 aromatic rings. The third-order valence-corrected chi connectivity index (χ3v) is 5.18. The number of likely N-dealkylation sites (tertiary alicyclic amines) is 1. The van der Waals surface area contributed by atoms with Crippen molar-refractivity contribution in [2.45, 2.75) is 25.3 Å². The number of pyridine rings is 1. The van der Waals surface area contributed by atoms with Crippen molar-refractivity contribution in [2.75, 3.05) is 26.2 Å². The maximum absolute atomic E-state index is 12.7. The lowest BCUT2D eigenvalue weighted by Crippen LogP contribution is -2.46. The predicted octanol–water partition coefficient (Wildman–Crippen LogP) is 0.584. The molecular formula is C19H22N6O3. The Morgan fingerprint density at radius 2 is 2.11 bits per heavy atom. The van der Waals surface area contributed by atoms with Crippen LogP contribution in [0.5, 0.6) is 0 Å². The minimum absolute atomic E-state index is 0.0420. The van der Waals surface area contributed by atoms with Crippen LogP contribution in [-0.2, 0) is 16.1 Å². The Balaban J connectivity index is 1.43. The first kappa shape index (κ1) is 18.1. The lowest BCUT2D eigenvalue weighted by atomic mass is 9.97. The van der Waals surface area contributed by atoms with Gasteiger partial charge in [0.05, 0.1) is 18.8 Å². The minimum Gasteiger partial charge on any atom is -0.340 e. The van der Waals surface area contributed by atoms with Gasteiger partial charge in [-0.2, -0.15) is 0 Å². The molecule has 0 bridgehead atoms. The Morgan fingerprint density at radius 3 is 2.86 bits per heavy atom.